The fourth-order valence-corrected chi connectivity index (χ4v) is 2.95. The lowest BCUT2D eigenvalue weighted by Gasteiger charge is -2.13. The first kappa shape index (κ1) is 18.6. The first-order valence-electron chi connectivity index (χ1n) is 8.82. The molecule has 0 atom stereocenters. The van der Waals surface area contributed by atoms with Gasteiger partial charge in [-0.05, 0) is 53.1 Å². The van der Waals surface area contributed by atoms with Gasteiger partial charge in [-0.2, -0.15) is 9.36 Å². The number of ether oxygens (including phenoxy) is 1. The van der Waals surface area contributed by atoms with Crippen LogP contribution in [0.4, 0.5) is 0 Å². The van der Waals surface area contributed by atoms with E-state index in [2.05, 4.69) is 22.3 Å². The highest BCUT2D eigenvalue weighted by molar-refractivity contribution is 6.00. The van der Waals surface area contributed by atoms with E-state index in [4.69, 9.17) is 4.74 Å². The number of tetrazole rings is 1. The van der Waals surface area contributed by atoms with E-state index in [-0.39, 0.29) is 5.69 Å². The Morgan fingerprint density at radius 1 is 1.19 bits per heavy atom. The van der Waals surface area contributed by atoms with Crippen molar-refractivity contribution in [3.05, 3.63) is 69.6 Å². The highest BCUT2D eigenvalue weighted by Crippen LogP contribution is 2.21. The average molecular weight is 365 g/mol. The second-order valence-corrected chi connectivity index (χ2v) is 6.21. The molecule has 0 fully saturated rings. The van der Waals surface area contributed by atoms with Crippen LogP contribution in [0.15, 0.2) is 52.3 Å². The van der Waals surface area contributed by atoms with Gasteiger partial charge < -0.3 is 4.74 Å². The number of benzene rings is 2. The highest BCUT2D eigenvalue weighted by atomic mass is 16.5. The Morgan fingerprint density at radius 3 is 2.63 bits per heavy atom. The quantitative estimate of drug-likeness (QED) is 0.630. The molecule has 3 aromatic rings. The van der Waals surface area contributed by atoms with Crippen LogP contribution in [0.1, 0.15) is 30.0 Å². The molecular weight excluding hydrogens is 342 g/mol. The summed E-state index contributed by atoms with van der Waals surface area (Å²) in [5.41, 5.74) is 4.37. The molecule has 7 heteroatoms. The van der Waals surface area contributed by atoms with Crippen LogP contribution in [0, 0.1) is 6.92 Å². The fraction of sp³-hybridized carbons (Fsp3) is 0.300. The van der Waals surface area contributed by atoms with Gasteiger partial charge in [0.05, 0.1) is 5.69 Å². The van der Waals surface area contributed by atoms with Gasteiger partial charge in [0.15, 0.2) is 0 Å². The van der Waals surface area contributed by atoms with Crippen molar-refractivity contribution in [3.8, 4) is 11.4 Å². The van der Waals surface area contributed by atoms with E-state index in [9.17, 15) is 4.79 Å². The summed E-state index contributed by atoms with van der Waals surface area (Å²) in [6, 6.07) is 13.6. The molecule has 0 aliphatic heterocycles. The van der Waals surface area contributed by atoms with Crippen molar-refractivity contribution in [2.45, 2.75) is 26.9 Å². The van der Waals surface area contributed by atoms with Crippen LogP contribution in [-0.2, 0) is 13.7 Å². The summed E-state index contributed by atoms with van der Waals surface area (Å²) in [5.74, 6) is 0.753. The Balaban J connectivity index is 1.90. The fourth-order valence-electron chi connectivity index (χ4n) is 2.95. The lowest BCUT2D eigenvalue weighted by atomic mass is 10.1. The van der Waals surface area contributed by atoms with E-state index in [0.29, 0.717) is 12.3 Å². The molecule has 0 N–H and O–H groups in total. The second kappa shape index (κ2) is 7.99. The maximum absolute atomic E-state index is 12.2. The van der Waals surface area contributed by atoms with Gasteiger partial charge in [-0.3, -0.25) is 4.99 Å². The first-order chi connectivity index (χ1) is 13.0. The maximum Gasteiger partial charge on any atom is 0.368 e. The van der Waals surface area contributed by atoms with Crippen molar-refractivity contribution in [2.75, 3.05) is 7.05 Å². The monoisotopic (exact) mass is 365 g/mol. The number of nitrogens with zero attached hydrogens (tertiary/aromatic N) is 5. The standard InChI is InChI=1S/C20H23N5O2/c1-5-18(21-3)15-9-7-10-16(12-15)27-13-17-14(2)8-6-11-19(17)25-20(26)24(4)22-23-25/h6-12H,5,13H2,1-4H3. The summed E-state index contributed by atoms with van der Waals surface area (Å²) in [5, 5.41) is 7.74. The van der Waals surface area contributed by atoms with Gasteiger partial charge in [0.25, 0.3) is 0 Å². The topological polar surface area (TPSA) is 74.3 Å². The summed E-state index contributed by atoms with van der Waals surface area (Å²) in [4.78, 5) is 16.6. The summed E-state index contributed by atoms with van der Waals surface area (Å²) in [6.45, 7) is 4.38. The number of aromatic nitrogens is 4. The lowest BCUT2D eigenvalue weighted by molar-refractivity contribution is 0.304. The summed E-state index contributed by atoms with van der Waals surface area (Å²) >= 11 is 0. The Morgan fingerprint density at radius 2 is 1.96 bits per heavy atom. The smallest absolute Gasteiger partial charge is 0.368 e. The molecule has 0 amide bonds. The molecule has 1 heterocycles. The van der Waals surface area contributed by atoms with Crippen molar-refractivity contribution in [1.82, 2.24) is 19.8 Å². The minimum absolute atomic E-state index is 0.296. The van der Waals surface area contributed by atoms with E-state index in [1.165, 1.54) is 9.36 Å². The second-order valence-electron chi connectivity index (χ2n) is 6.21. The number of hydrogen-bond acceptors (Lipinski definition) is 5. The third-order valence-electron chi connectivity index (χ3n) is 4.49. The van der Waals surface area contributed by atoms with Crippen LogP contribution in [0.5, 0.6) is 5.75 Å². The van der Waals surface area contributed by atoms with Crippen molar-refractivity contribution >= 4 is 5.71 Å². The predicted molar refractivity (Wildman–Crippen MR) is 105 cm³/mol. The molecule has 2 aromatic carbocycles. The average Bonchev–Trinajstić information content (AvgIpc) is 3.01. The third kappa shape index (κ3) is 3.81. The largest absolute Gasteiger partial charge is 0.489 e. The predicted octanol–water partition coefficient (Wildman–Crippen LogP) is 2.68. The number of hydrogen-bond donors (Lipinski definition) is 0. The van der Waals surface area contributed by atoms with Crippen molar-refractivity contribution in [2.24, 2.45) is 12.0 Å². The Labute approximate surface area is 157 Å². The zero-order valence-electron chi connectivity index (χ0n) is 16.0. The van der Waals surface area contributed by atoms with E-state index < -0.39 is 0 Å². The lowest BCUT2D eigenvalue weighted by Crippen LogP contribution is -2.23. The molecule has 0 spiro atoms. The van der Waals surface area contributed by atoms with E-state index in [1.54, 1.807) is 14.1 Å². The van der Waals surface area contributed by atoms with Crippen LogP contribution in [-0.4, -0.2) is 32.5 Å². The summed E-state index contributed by atoms with van der Waals surface area (Å²) in [6.07, 6.45) is 0.859. The van der Waals surface area contributed by atoms with Crippen LogP contribution in [0.3, 0.4) is 0 Å². The molecule has 1 aromatic heterocycles. The van der Waals surface area contributed by atoms with Crippen LogP contribution in [0.25, 0.3) is 5.69 Å². The zero-order valence-corrected chi connectivity index (χ0v) is 16.0. The van der Waals surface area contributed by atoms with Crippen molar-refractivity contribution < 1.29 is 4.74 Å². The molecule has 0 unspecified atom stereocenters. The molecule has 0 saturated carbocycles. The molecule has 0 aliphatic carbocycles. The molecule has 7 nitrogen and oxygen atoms in total. The van der Waals surface area contributed by atoms with E-state index >= 15 is 0 Å². The maximum atomic E-state index is 12.2. The minimum Gasteiger partial charge on any atom is -0.489 e. The van der Waals surface area contributed by atoms with Crippen LogP contribution in [0.2, 0.25) is 0 Å². The molecular formula is C20H23N5O2. The molecule has 0 bridgehead atoms. The van der Waals surface area contributed by atoms with Gasteiger partial charge in [-0.25, -0.2) is 4.79 Å². The molecule has 0 saturated heterocycles. The summed E-state index contributed by atoms with van der Waals surface area (Å²) < 4.78 is 8.53. The molecule has 3 rings (SSSR count). The minimum atomic E-state index is -0.296. The van der Waals surface area contributed by atoms with Gasteiger partial charge in [0.2, 0.25) is 0 Å². The normalized spacial score (nSPS) is 11.6. The SMILES string of the molecule is CCC(=NC)c1cccc(OCc2c(C)cccc2-n2nnn(C)c2=O)c1. The highest BCUT2D eigenvalue weighted by Gasteiger charge is 2.13. The molecule has 0 radical (unpaired) electrons. The molecule has 0 aliphatic rings. The van der Waals surface area contributed by atoms with Gasteiger partial charge in [-0.15, -0.1) is 0 Å². The third-order valence-corrected chi connectivity index (χ3v) is 4.49. The van der Waals surface area contributed by atoms with E-state index in [1.807, 2.05) is 49.4 Å². The Hall–Kier alpha value is -3.22. The summed E-state index contributed by atoms with van der Waals surface area (Å²) in [7, 11) is 3.37. The van der Waals surface area contributed by atoms with Gasteiger partial charge in [-0.1, -0.05) is 31.2 Å². The number of rotatable bonds is 6. The van der Waals surface area contributed by atoms with Gasteiger partial charge in [0, 0.05) is 25.4 Å². The molecule has 27 heavy (non-hydrogen) atoms. The van der Waals surface area contributed by atoms with Crippen LogP contribution < -0.4 is 10.4 Å². The number of aliphatic imine (C=N–C) groups is 1. The first-order valence-corrected chi connectivity index (χ1v) is 8.82. The van der Waals surface area contributed by atoms with Gasteiger partial charge in [0.1, 0.15) is 12.4 Å². The van der Waals surface area contributed by atoms with Crippen molar-refractivity contribution in [1.29, 1.82) is 0 Å². The Kier molecular flexibility index (Phi) is 5.49. The number of aryl methyl sites for hydroxylation is 2. The van der Waals surface area contributed by atoms with Crippen LogP contribution >= 0.6 is 0 Å². The van der Waals surface area contributed by atoms with Crippen molar-refractivity contribution in [3.63, 3.8) is 0 Å². The Bertz CT molecular complexity index is 1030. The molecule has 140 valence electrons. The zero-order chi connectivity index (χ0) is 19.4. The van der Waals surface area contributed by atoms with E-state index in [0.717, 1.165) is 34.6 Å². The van der Waals surface area contributed by atoms with Gasteiger partial charge >= 0.3 is 5.69 Å².